The van der Waals surface area contributed by atoms with Gasteiger partial charge in [0.25, 0.3) is 0 Å². The number of rotatable bonds is 5. The number of benzene rings is 1. The van der Waals surface area contributed by atoms with Gasteiger partial charge < -0.3 is 5.32 Å². The third kappa shape index (κ3) is 3.53. The Morgan fingerprint density at radius 1 is 1.38 bits per heavy atom. The van der Waals surface area contributed by atoms with E-state index in [0.717, 1.165) is 12.5 Å². The number of hydrogen-bond acceptors (Lipinski definition) is 2. The van der Waals surface area contributed by atoms with Gasteiger partial charge in [0.1, 0.15) is 0 Å². The fourth-order valence-electron chi connectivity index (χ4n) is 2.15. The lowest BCUT2D eigenvalue weighted by Crippen LogP contribution is -2.26. The predicted octanol–water partition coefficient (Wildman–Crippen LogP) is 3.13. The first kappa shape index (κ1) is 12.0. The van der Waals surface area contributed by atoms with E-state index in [1.807, 2.05) is 0 Å². The van der Waals surface area contributed by atoms with Crippen LogP contribution in [0, 0.1) is 5.92 Å². The molecule has 1 aromatic carbocycles. The maximum absolute atomic E-state index is 3.61. The molecule has 0 spiro atoms. The fourth-order valence-corrected chi connectivity index (χ4v) is 3.43. The van der Waals surface area contributed by atoms with Gasteiger partial charge in [0, 0.05) is 6.54 Å². The third-order valence-electron chi connectivity index (χ3n) is 3.28. The van der Waals surface area contributed by atoms with Crippen molar-refractivity contribution < 1.29 is 0 Å². The zero-order valence-electron chi connectivity index (χ0n) is 9.99. The van der Waals surface area contributed by atoms with Crippen LogP contribution in [0.5, 0.6) is 0 Å². The lowest BCUT2D eigenvalue weighted by Gasteiger charge is -2.15. The van der Waals surface area contributed by atoms with Crippen molar-refractivity contribution in [3.8, 4) is 0 Å². The average Bonchev–Trinajstić information content (AvgIpc) is 2.83. The molecule has 1 fully saturated rings. The summed E-state index contributed by atoms with van der Waals surface area (Å²) < 4.78 is 0. The van der Waals surface area contributed by atoms with E-state index in [1.165, 1.54) is 30.0 Å². The number of thioether (sulfide) groups is 1. The quantitative estimate of drug-likeness (QED) is 0.841. The maximum atomic E-state index is 3.61. The highest BCUT2D eigenvalue weighted by molar-refractivity contribution is 7.99. The zero-order chi connectivity index (χ0) is 11.2. The molecule has 88 valence electrons. The van der Waals surface area contributed by atoms with Gasteiger partial charge in [-0.05, 0) is 41.9 Å². The molecule has 1 saturated heterocycles. The lowest BCUT2D eigenvalue weighted by molar-refractivity contribution is 0.506. The topological polar surface area (TPSA) is 12.0 Å². The van der Waals surface area contributed by atoms with Gasteiger partial charge in [-0.1, -0.05) is 37.3 Å². The van der Waals surface area contributed by atoms with Crippen LogP contribution >= 0.6 is 11.8 Å². The monoisotopic (exact) mass is 235 g/mol. The van der Waals surface area contributed by atoms with E-state index in [1.54, 1.807) is 0 Å². The molecule has 2 atom stereocenters. The first-order chi connectivity index (χ1) is 7.86. The van der Waals surface area contributed by atoms with Crippen LogP contribution in [0.4, 0.5) is 0 Å². The SMILES string of the molecule is CC(CNCC1CCSC1)c1ccccc1. The maximum Gasteiger partial charge on any atom is 0.00176 e. The largest absolute Gasteiger partial charge is 0.316 e. The van der Waals surface area contributed by atoms with Crippen molar-refractivity contribution in [2.45, 2.75) is 19.3 Å². The van der Waals surface area contributed by atoms with Crippen molar-refractivity contribution >= 4 is 11.8 Å². The second-order valence-electron chi connectivity index (χ2n) is 4.70. The normalized spacial score (nSPS) is 22.2. The molecule has 0 aliphatic carbocycles. The predicted molar refractivity (Wildman–Crippen MR) is 73.2 cm³/mol. The lowest BCUT2D eigenvalue weighted by atomic mass is 10.0. The Balaban J connectivity index is 1.69. The molecule has 0 saturated carbocycles. The van der Waals surface area contributed by atoms with E-state index < -0.39 is 0 Å². The van der Waals surface area contributed by atoms with Crippen molar-refractivity contribution in [3.05, 3.63) is 35.9 Å². The molecule has 1 aliphatic heterocycles. The van der Waals surface area contributed by atoms with Crippen molar-refractivity contribution in [2.24, 2.45) is 5.92 Å². The van der Waals surface area contributed by atoms with Gasteiger partial charge in [-0.25, -0.2) is 0 Å². The Morgan fingerprint density at radius 3 is 2.88 bits per heavy atom. The van der Waals surface area contributed by atoms with Crippen LogP contribution in [-0.2, 0) is 0 Å². The van der Waals surface area contributed by atoms with Gasteiger partial charge in [-0.15, -0.1) is 0 Å². The highest BCUT2D eigenvalue weighted by Crippen LogP contribution is 2.22. The van der Waals surface area contributed by atoms with E-state index >= 15 is 0 Å². The Morgan fingerprint density at radius 2 is 2.19 bits per heavy atom. The summed E-state index contributed by atoms with van der Waals surface area (Å²) in [6.07, 6.45) is 1.40. The standard InChI is InChI=1S/C14H21NS/c1-12(14-5-3-2-4-6-14)9-15-10-13-7-8-16-11-13/h2-6,12-13,15H,7-11H2,1H3. The Hall–Kier alpha value is -0.470. The summed E-state index contributed by atoms with van der Waals surface area (Å²) in [5, 5.41) is 3.61. The summed E-state index contributed by atoms with van der Waals surface area (Å²) in [5.74, 6) is 4.25. The summed E-state index contributed by atoms with van der Waals surface area (Å²) in [6.45, 7) is 4.60. The molecule has 1 aliphatic rings. The molecule has 16 heavy (non-hydrogen) atoms. The van der Waals surface area contributed by atoms with Gasteiger partial charge >= 0.3 is 0 Å². The molecule has 2 rings (SSSR count). The highest BCUT2D eigenvalue weighted by Gasteiger charge is 2.15. The first-order valence-electron chi connectivity index (χ1n) is 6.19. The molecular formula is C14H21NS. The summed E-state index contributed by atoms with van der Waals surface area (Å²) in [5.41, 5.74) is 1.44. The van der Waals surface area contributed by atoms with Crippen LogP contribution in [0.15, 0.2) is 30.3 Å². The molecule has 1 aromatic rings. The van der Waals surface area contributed by atoms with E-state index in [-0.39, 0.29) is 0 Å². The Kier molecular flexibility index (Phi) is 4.73. The Labute approximate surface area is 103 Å². The van der Waals surface area contributed by atoms with Crippen molar-refractivity contribution in [1.82, 2.24) is 5.32 Å². The second kappa shape index (κ2) is 6.31. The van der Waals surface area contributed by atoms with E-state index in [9.17, 15) is 0 Å². The van der Waals surface area contributed by atoms with Crippen LogP contribution in [0.3, 0.4) is 0 Å². The van der Waals surface area contributed by atoms with Crippen LogP contribution in [0.2, 0.25) is 0 Å². The molecule has 0 aromatic heterocycles. The summed E-state index contributed by atoms with van der Waals surface area (Å²) in [7, 11) is 0. The number of hydrogen-bond donors (Lipinski definition) is 1. The second-order valence-corrected chi connectivity index (χ2v) is 5.85. The minimum Gasteiger partial charge on any atom is -0.316 e. The first-order valence-corrected chi connectivity index (χ1v) is 7.35. The van der Waals surface area contributed by atoms with Gasteiger partial charge in [-0.2, -0.15) is 11.8 Å². The van der Waals surface area contributed by atoms with Gasteiger partial charge in [0.2, 0.25) is 0 Å². The smallest absolute Gasteiger partial charge is 0.00176 e. The van der Waals surface area contributed by atoms with E-state index in [2.05, 4.69) is 54.3 Å². The van der Waals surface area contributed by atoms with Crippen molar-refractivity contribution in [1.29, 1.82) is 0 Å². The van der Waals surface area contributed by atoms with Gasteiger partial charge in [0.15, 0.2) is 0 Å². The molecule has 1 heterocycles. The summed E-state index contributed by atoms with van der Waals surface area (Å²) >= 11 is 2.10. The minimum atomic E-state index is 0.621. The molecule has 1 nitrogen and oxygen atoms in total. The molecule has 0 amide bonds. The molecule has 0 radical (unpaired) electrons. The van der Waals surface area contributed by atoms with Crippen LogP contribution in [-0.4, -0.2) is 24.6 Å². The van der Waals surface area contributed by atoms with Crippen molar-refractivity contribution in [3.63, 3.8) is 0 Å². The molecule has 2 unspecified atom stereocenters. The van der Waals surface area contributed by atoms with Crippen LogP contribution < -0.4 is 5.32 Å². The van der Waals surface area contributed by atoms with E-state index in [0.29, 0.717) is 5.92 Å². The number of nitrogens with one attached hydrogen (secondary N) is 1. The molecule has 0 bridgehead atoms. The molecule has 1 N–H and O–H groups in total. The molecule has 2 heteroatoms. The van der Waals surface area contributed by atoms with E-state index in [4.69, 9.17) is 0 Å². The molecular weight excluding hydrogens is 214 g/mol. The van der Waals surface area contributed by atoms with Crippen molar-refractivity contribution in [2.75, 3.05) is 24.6 Å². The van der Waals surface area contributed by atoms with Crippen LogP contribution in [0.1, 0.15) is 24.8 Å². The third-order valence-corrected chi connectivity index (χ3v) is 4.51. The Bertz CT molecular complexity index is 293. The van der Waals surface area contributed by atoms with Crippen LogP contribution in [0.25, 0.3) is 0 Å². The summed E-state index contributed by atoms with van der Waals surface area (Å²) in [4.78, 5) is 0. The highest BCUT2D eigenvalue weighted by atomic mass is 32.2. The fraction of sp³-hybridized carbons (Fsp3) is 0.571. The van der Waals surface area contributed by atoms with Gasteiger partial charge in [-0.3, -0.25) is 0 Å². The van der Waals surface area contributed by atoms with Gasteiger partial charge in [0.05, 0.1) is 0 Å². The zero-order valence-corrected chi connectivity index (χ0v) is 10.8. The minimum absolute atomic E-state index is 0.621. The average molecular weight is 235 g/mol. The summed E-state index contributed by atoms with van der Waals surface area (Å²) in [6, 6.07) is 10.8.